The fourth-order valence-electron chi connectivity index (χ4n) is 1.87. The van der Waals surface area contributed by atoms with Gasteiger partial charge < -0.3 is 9.84 Å². The average Bonchev–Trinajstić information content (AvgIpc) is 3.08. The number of aromatic nitrogens is 3. The van der Waals surface area contributed by atoms with Crippen LogP contribution in [0.4, 0.5) is 5.00 Å². The summed E-state index contributed by atoms with van der Waals surface area (Å²) in [7, 11) is 1.84. The first-order valence-corrected chi connectivity index (χ1v) is 7.98. The molecule has 3 aromatic rings. The molecule has 5 nitrogen and oxygen atoms in total. The Hall–Kier alpha value is -1.44. The summed E-state index contributed by atoms with van der Waals surface area (Å²) in [6, 6.07) is 5.49. The molecule has 0 saturated heterocycles. The van der Waals surface area contributed by atoms with Gasteiger partial charge in [0.05, 0.1) is 16.3 Å². The number of anilines is 1. The Kier molecular flexibility index (Phi) is 3.97. The number of halogens is 2. The highest BCUT2D eigenvalue weighted by Crippen LogP contribution is 2.35. The maximum atomic E-state index is 5.99. The van der Waals surface area contributed by atoms with Crippen LogP contribution < -0.4 is 5.32 Å². The molecule has 0 saturated carbocycles. The van der Waals surface area contributed by atoms with Crippen LogP contribution in [-0.4, -0.2) is 21.6 Å². The lowest BCUT2D eigenvalue weighted by molar-refractivity contribution is 0.432. The van der Waals surface area contributed by atoms with E-state index in [0.29, 0.717) is 16.7 Å². The number of aryl methyl sites for hydroxylation is 1. The first-order chi connectivity index (χ1) is 10.1. The van der Waals surface area contributed by atoms with Gasteiger partial charge in [-0.15, -0.1) is 0 Å². The summed E-state index contributed by atoms with van der Waals surface area (Å²) in [5.41, 5.74) is 2.53. The highest BCUT2D eigenvalue weighted by atomic mass is 79.9. The molecule has 0 spiro atoms. The highest BCUT2D eigenvalue weighted by molar-refractivity contribution is 9.10. The topological polar surface area (TPSA) is 63.8 Å². The van der Waals surface area contributed by atoms with Gasteiger partial charge in [-0.05, 0) is 52.6 Å². The zero-order valence-electron chi connectivity index (χ0n) is 11.1. The zero-order chi connectivity index (χ0) is 15.0. The molecule has 2 aromatic heterocycles. The Morgan fingerprint density at radius 1 is 1.38 bits per heavy atom. The Morgan fingerprint density at radius 3 is 2.90 bits per heavy atom. The lowest BCUT2D eigenvalue weighted by atomic mass is 10.2. The van der Waals surface area contributed by atoms with Crippen LogP contribution in [0.3, 0.4) is 0 Å². The molecule has 2 heterocycles. The van der Waals surface area contributed by atoms with Gasteiger partial charge in [0.1, 0.15) is 5.00 Å². The van der Waals surface area contributed by atoms with Crippen LogP contribution in [0.15, 0.2) is 27.2 Å². The van der Waals surface area contributed by atoms with E-state index in [1.807, 2.05) is 26.1 Å². The minimum atomic E-state index is 0.451. The number of hydrogen-bond donors (Lipinski definition) is 1. The first-order valence-electron chi connectivity index (χ1n) is 6.03. The third-order valence-electron chi connectivity index (χ3n) is 2.91. The van der Waals surface area contributed by atoms with Crippen molar-refractivity contribution in [3.8, 4) is 22.8 Å². The van der Waals surface area contributed by atoms with Crippen LogP contribution in [0, 0.1) is 6.92 Å². The number of rotatable bonds is 3. The minimum Gasteiger partial charge on any atom is -0.378 e. The second-order valence-corrected chi connectivity index (χ2v) is 6.31. The fraction of sp³-hybridized carbons (Fsp3) is 0.154. The number of nitrogens with zero attached hydrogens (tertiary/aromatic N) is 3. The molecule has 108 valence electrons. The molecule has 1 aromatic carbocycles. The predicted molar refractivity (Wildman–Crippen MR) is 87.8 cm³/mol. The van der Waals surface area contributed by atoms with E-state index in [2.05, 4.69) is 35.8 Å². The van der Waals surface area contributed by atoms with Crippen LogP contribution in [0.1, 0.15) is 5.69 Å². The van der Waals surface area contributed by atoms with Crippen molar-refractivity contribution in [2.24, 2.45) is 0 Å². The van der Waals surface area contributed by atoms with Crippen molar-refractivity contribution in [2.45, 2.75) is 6.92 Å². The van der Waals surface area contributed by atoms with E-state index in [9.17, 15) is 0 Å². The third-order valence-corrected chi connectivity index (χ3v) is 5.08. The molecule has 0 aliphatic rings. The van der Waals surface area contributed by atoms with Gasteiger partial charge in [0, 0.05) is 17.1 Å². The van der Waals surface area contributed by atoms with E-state index in [1.54, 1.807) is 6.07 Å². The van der Waals surface area contributed by atoms with Crippen LogP contribution in [0.2, 0.25) is 5.02 Å². The molecular formula is C13H10BrClN4OS. The second kappa shape index (κ2) is 5.75. The molecule has 1 N–H and O–H groups in total. The molecule has 0 fully saturated rings. The van der Waals surface area contributed by atoms with Gasteiger partial charge in [0.2, 0.25) is 5.82 Å². The summed E-state index contributed by atoms with van der Waals surface area (Å²) < 4.78 is 10.5. The Morgan fingerprint density at radius 2 is 2.19 bits per heavy atom. The Labute approximate surface area is 138 Å². The molecular weight excluding hydrogens is 376 g/mol. The van der Waals surface area contributed by atoms with Crippen LogP contribution in [0.5, 0.6) is 0 Å². The van der Waals surface area contributed by atoms with Crippen molar-refractivity contribution in [1.82, 2.24) is 14.5 Å². The van der Waals surface area contributed by atoms with Crippen LogP contribution in [-0.2, 0) is 0 Å². The quantitative estimate of drug-likeness (QED) is 0.712. The third kappa shape index (κ3) is 2.68. The second-order valence-electron chi connectivity index (χ2n) is 4.27. The molecule has 3 rings (SSSR count). The lowest BCUT2D eigenvalue weighted by Gasteiger charge is -1.98. The Bertz CT molecular complexity index is 801. The van der Waals surface area contributed by atoms with Gasteiger partial charge in [-0.2, -0.15) is 9.36 Å². The van der Waals surface area contributed by atoms with Gasteiger partial charge in [-0.25, -0.2) is 0 Å². The van der Waals surface area contributed by atoms with Gasteiger partial charge >= 0.3 is 0 Å². The largest absolute Gasteiger partial charge is 0.378 e. The lowest BCUT2D eigenvalue weighted by Crippen LogP contribution is -1.88. The van der Waals surface area contributed by atoms with E-state index >= 15 is 0 Å². The van der Waals surface area contributed by atoms with E-state index in [0.717, 1.165) is 26.3 Å². The number of nitrogens with one attached hydrogen (secondary N) is 1. The molecule has 0 radical (unpaired) electrons. The van der Waals surface area contributed by atoms with E-state index in [1.165, 1.54) is 11.5 Å². The molecule has 0 amide bonds. The maximum Gasteiger partial charge on any atom is 0.263 e. The van der Waals surface area contributed by atoms with E-state index in [4.69, 9.17) is 16.1 Å². The average molecular weight is 386 g/mol. The maximum absolute atomic E-state index is 5.99. The molecule has 8 heteroatoms. The van der Waals surface area contributed by atoms with E-state index in [-0.39, 0.29) is 0 Å². The van der Waals surface area contributed by atoms with Crippen molar-refractivity contribution >= 4 is 44.1 Å². The SMILES string of the molecule is CNc1snc(C)c1-c1nc(-c2ccc(Cl)c(Br)c2)no1. The van der Waals surface area contributed by atoms with Gasteiger partial charge in [0.25, 0.3) is 5.89 Å². The monoisotopic (exact) mass is 384 g/mol. The molecule has 0 aliphatic heterocycles. The number of benzene rings is 1. The fourth-order valence-corrected chi connectivity index (χ4v) is 3.10. The Balaban J connectivity index is 2.03. The van der Waals surface area contributed by atoms with E-state index < -0.39 is 0 Å². The van der Waals surface area contributed by atoms with Crippen LogP contribution >= 0.6 is 39.1 Å². The van der Waals surface area contributed by atoms with Crippen LogP contribution in [0.25, 0.3) is 22.8 Å². The van der Waals surface area contributed by atoms with Crippen molar-refractivity contribution in [3.63, 3.8) is 0 Å². The predicted octanol–water partition coefficient (Wildman–Crippen LogP) is 4.63. The molecule has 0 unspecified atom stereocenters. The summed E-state index contributed by atoms with van der Waals surface area (Å²) in [5, 5.41) is 8.65. The summed E-state index contributed by atoms with van der Waals surface area (Å²) in [5.74, 6) is 0.960. The van der Waals surface area contributed by atoms with Crippen molar-refractivity contribution in [1.29, 1.82) is 0 Å². The van der Waals surface area contributed by atoms with Crippen molar-refractivity contribution < 1.29 is 4.52 Å². The van der Waals surface area contributed by atoms with Gasteiger partial charge in [-0.1, -0.05) is 16.8 Å². The highest BCUT2D eigenvalue weighted by Gasteiger charge is 2.19. The number of hydrogen-bond acceptors (Lipinski definition) is 6. The summed E-state index contributed by atoms with van der Waals surface area (Å²) >= 11 is 10.7. The first kappa shape index (κ1) is 14.5. The normalized spacial score (nSPS) is 10.9. The summed E-state index contributed by atoms with van der Waals surface area (Å²) in [4.78, 5) is 4.45. The minimum absolute atomic E-state index is 0.451. The molecule has 0 aliphatic carbocycles. The smallest absolute Gasteiger partial charge is 0.263 e. The summed E-state index contributed by atoms with van der Waals surface area (Å²) in [6.07, 6.45) is 0. The van der Waals surface area contributed by atoms with Crippen molar-refractivity contribution in [2.75, 3.05) is 12.4 Å². The molecule has 0 bridgehead atoms. The van der Waals surface area contributed by atoms with Gasteiger partial charge in [0.15, 0.2) is 0 Å². The zero-order valence-corrected chi connectivity index (χ0v) is 14.3. The standard InChI is InChI=1S/C13H10BrClN4OS/c1-6-10(13(16-2)21-19-6)12-17-11(18-20-12)7-3-4-9(15)8(14)5-7/h3-5,16H,1-2H3. The van der Waals surface area contributed by atoms with Gasteiger partial charge in [-0.3, -0.25) is 0 Å². The molecule has 0 atom stereocenters. The molecule has 21 heavy (non-hydrogen) atoms. The van der Waals surface area contributed by atoms with Crippen molar-refractivity contribution in [3.05, 3.63) is 33.4 Å². The summed E-state index contributed by atoms with van der Waals surface area (Å²) in [6.45, 7) is 1.91.